The third-order valence-corrected chi connectivity index (χ3v) is 6.57. The zero-order valence-electron chi connectivity index (χ0n) is 14.1. The number of nitrogens with zero attached hydrogens (tertiary/aromatic N) is 3. The maximum absolute atomic E-state index is 9.62. The van der Waals surface area contributed by atoms with Gasteiger partial charge in [-0.05, 0) is 42.8 Å². The Morgan fingerprint density at radius 3 is 3.12 bits per heavy atom. The van der Waals surface area contributed by atoms with Crippen LogP contribution in [0.5, 0.6) is 0 Å². The largest absolute Gasteiger partial charge is 0.395 e. The van der Waals surface area contributed by atoms with Crippen molar-refractivity contribution in [2.24, 2.45) is 10.4 Å². The molecule has 0 aromatic heterocycles. The molecule has 4 rings (SSSR count). The molecule has 1 saturated heterocycles. The topological polar surface area (TPSA) is 51.1 Å². The average molecular weight is 344 g/mol. The van der Waals surface area contributed by atoms with E-state index in [1.807, 2.05) is 24.2 Å². The van der Waals surface area contributed by atoms with E-state index in [0.717, 1.165) is 25.5 Å². The van der Waals surface area contributed by atoms with Gasteiger partial charge >= 0.3 is 0 Å². The first kappa shape index (κ1) is 16.0. The molecule has 0 amide bonds. The molecule has 2 N–H and O–H groups in total. The zero-order chi connectivity index (χ0) is 16.7. The van der Waals surface area contributed by atoms with E-state index in [9.17, 15) is 5.11 Å². The molecule has 4 heterocycles. The molecule has 3 atom stereocenters. The van der Waals surface area contributed by atoms with E-state index < -0.39 is 0 Å². The van der Waals surface area contributed by atoms with Crippen LogP contribution in [-0.2, 0) is 0 Å². The standard InChI is InChI=1S/C18H24N4OS/c1-13-8-18-9-16(22-7-6-21(2)15(11-22)12-23)20-10-14(18)4-3-5-19-17(18)24-13/h3-5,8-10,15,17,19,23H,6-7,11-12H2,1-2H3/t15-,17?,18?/m1/s1. The minimum Gasteiger partial charge on any atom is -0.395 e. The van der Waals surface area contributed by atoms with Crippen molar-refractivity contribution in [3.05, 3.63) is 46.8 Å². The van der Waals surface area contributed by atoms with Crippen molar-refractivity contribution >= 4 is 18.0 Å². The minimum absolute atomic E-state index is 0.145. The smallest absolute Gasteiger partial charge is 0.125 e. The van der Waals surface area contributed by atoms with Crippen LogP contribution in [0.4, 0.5) is 0 Å². The lowest BCUT2D eigenvalue weighted by Gasteiger charge is -2.42. The van der Waals surface area contributed by atoms with Gasteiger partial charge < -0.3 is 15.3 Å². The number of hydrogen-bond acceptors (Lipinski definition) is 6. The van der Waals surface area contributed by atoms with Gasteiger partial charge in [-0.15, -0.1) is 11.8 Å². The minimum atomic E-state index is -0.145. The van der Waals surface area contributed by atoms with Crippen LogP contribution in [0.15, 0.2) is 51.8 Å². The molecular formula is C18H24N4OS. The Bertz CT molecular complexity index is 681. The van der Waals surface area contributed by atoms with Gasteiger partial charge in [0.2, 0.25) is 0 Å². The van der Waals surface area contributed by atoms with Gasteiger partial charge in [0.25, 0.3) is 0 Å². The molecule has 5 nitrogen and oxygen atoms in total. The Morgan fingerprint density at radius 1 is 1.42 bits per heavy atom. The summed E-state index contributed by atoms with van der Waals surface area (Å²) in [7, 11) is 2.08. The maximum Gasteiger partial charge on any atom is 0.125 e. The fourth-order valence-corrected chi connectivity index (χ4v) is 5.09. The molecule has 0 aromatic rings. The van der Waals surface area contributed by atoms with Gasteiger partial charge in [0.05, 0.1) is 23.4 Å². The van der Waals surface area contributed by atoms with E-state index in [4.69, 9.17) is 4.99 Å². The first-order valence-electron chi connectivity index (χ1n) is 8.45. The van der Waals surface area contributed by atoms with E-state index in [2.05, 4.69) is 53.4 Å². The summed E-state index contributed by atoms with van der Waals surface area (Å²) < 4.78 is 0. The van der Waals surface area contributed by atoms with Crippen LogP contribution in [-0.4, -0.2) is 65.8 Å². The third kappa shape index (κ3) is 2.53. The molecule has 128 valence electrons. The lowest BCUT2D eigenvalue weighted by atomic mass is 9.78. The number of aliphatic hydroxyl groups excluding tert-OH is 1. The second-order valence-corrected chi connectivity index (χ2v) is 8.21. The Balaban J connectivity index is 1.68. The van der Waals surface area contributed by atoms with Gasteiger partial charge in [-0.1, -0.05) is 12.2 Å². The summed E-state index contributed by atoms with van der Waals surface area (Å²) in [5.41, 5.74) is 1.09. The zero-order valence-corrected chi connectivity index (χ0v) is 15.0. The molecule has 0 bridgehead atoms. The molecule has 4 aliphatic rings. The Kier molecular flexibility index (Phi) is 4.06. The van der Waals surface area contributed by atoms with Crippen molar-refractivity contribution in [3.63, 3.8) is 0 Å². The Hall–Kier alpha value is -1.50. The highest BCUT2D eigenvalue weighted by molar-refractivity contribution is 8.03. The van der Waals surface area contributed by atoms with E-state index in [1.54, 1.807) is 0 Å². The molecule has 2 unspecified atom stereocenters. The fraction of sp³-hybridized carbons (Fsp3) is 0.500. The van der Waals surface area contributed by atoms with Crippen molar-refractivity contribution in [1.29, 1.82) is 0 Å². The van der Waals surface area contributed by atoms with Crippen molar-refractivity contribution in [1.82, 2.24) is 15.1 Å². The molecule has 0 aromatic carbocycles. The summed E-state index contributed by atoms with van der Waals surface area (Å²) >= 11 is 1.88. The predicted molar refractivity (Wildman–Crippen MR) is 99.6 cm³/mol. The average Bonchev–Trinajstić information content (AvgIpc) is 2.78. The highest BCUT2D eigenvalue weighted by Gasteiger charge is 2.45. The lowest BCUT2D eigenvalue weighted by molar-refractivity contribution is 0.0726. The lowest BCUT2D eigenvalue weighted by Crippen LogP contribution is -2.52. The second kappa shape index (κ2) is 6.10. The molecule has 0 aliphatic carbocycles. The summed E-state index contributed by atoms with van der Waals surface area (Å²) in [5, 5.41) is 13.4. The molecule has 0 saturated carbocycles. The van der Waals surface area contributed by atoms with Crippen molar-refractivity contribution in [3.8, 4) is 0 Å². The van der Waals surface area contributed by atoms with Crippen molar-refractivity contribution < 1.29 is 5.11 Å². The Morgan fingerprint density at radius 2 is 2.29 bits per heavy atom. The van der Waals surface area contributed by atoms with Crippen LogP contribution in [0.3, 0.4) is 0 Å². The van der Waals surface area contributed by atoms with Crippen molar-refractivity contribution in [2.75, 3.05) is 33.3 Å². The SMILES string of the molecule is CC1=CC23C=C(N4CCN(C)[C@@H](CO)C4)N=CC2=CC=CNC3S1. The van der Waals surface area contributed by atoms with Crippen molar-refractivity contribution in [2.45, 2.75) is 18.3 Å². The highest BCUT2D eigenvalue weighted by atomic mass is 32.2. The van der Waals surface area contributed by atoms with Crippen LogP contribution in [0.1, 0.15) is 6.92 Å². The van der Waals surface area contributed by atoms with Gasteiger partial charge in [-0.2, -0.15) is 0 Å². The number of thioether (sulfide) groups is 1. The molecule has 24 heavy (non-hydrogen) atoms. The monoisotopic (exact) mass is 344 g/mol. The van der Waals surface area contributed by atoms with Gasteiger partial charge in [-0.3, -0.25) is 4.90 Å². The van der Waals surface area contributed by atoms with E-state index >= 15 is 0 Å². The summed E-state index contributed by atoms with van der Waals surface area (Å²) in [6.07, 6.45) is 12.9. The first-order valence-corrected chi connectivity index (χ1v) is 9.33. The number of aliphatic imine (C=N–C) groups is 1. The molecule has 1 fully saturated rings. The van der Waals surface area contributed by atoms with Crippen LogP contribution in [0.2, 0.25) is 0 Å². The quantitative estimate of drug-likeness (QED) is 0.796. The van der Waals surface area contributed by atoms with Gasteiger partial charge in [0, 0.05) is 25.8 Å². The van der Waals surface area contributed by atoms with Gasteiger partial charge in [0.1, 0.15) is 5.82 Å². The van der Waals surface area contributed by atoms with E-state index in [0.29, 0.717) is 0 Å². The first-order chi connectivity index (χ1) is 11.6. The number of piperazine rings is 1. The maximum atomic E-state index is 9.62. The number of aliphatic hydroxyl groups is 1. The summed E-state index contributed by atoms with van der Waals surface area (Å²) in [6, 6.07) is 0.171. The molecular weight excluding hydrogens is 320 g/mol. The summed E-state index contributed by atoms with van der Waals surface area (Å²) in [4.78, 5) is 10.6. The van der Waals surface area contributed by atoms with Crippen LogP contribution in [0.25, 0.3) is 0 Å². The normalized spacial score (nSPS) is 35.5. The van der Waals surface area contributed by atoms with Gasteiger partial charge in [0.15, 0.2) is 0 Å². The number of hydrogen-bond donors (Lipinski definition) is 2. The van der Waals surface area contributed by atoms with E-state index in [1.165, 1.54) is 10.5 Å². The van der Waals surface area contributed by atoms with Crippen LogP contribution < -0.4 is 5.32 Å². The van der Waals surface area contributed by atoms with Gasteiger partial charge in [-0.25, -0.2) is 4.99 Å². The number of nitrogens with one attached hydrogen (secondary N) is 1. The van der Waals surface area contributed by atoms with E-state index in [-0.39, 0.29) is 23.4 Å². The highest BCUT2D eigenvalue weighted by Crippen LogP contribution is 2.51. The molecule has 1 spiro atoms. The molecule has 4 aliphatic heterocycles. The summed E-state index contributed by atoms with van der Waals surface area (Å²) in [6.45, 7) is 5.06. The Labute approximate surface area is 147 Å². The second-order valence-electron chi connectivity index (χ2n) is 6.86. The number of rotatable bonds is 2. The molecule has 0 radical (unpaired) electrons. The fourth-order valence-electron chi connectivity index (χ4n) is 3.84. The molecule has 6 heteroatoms. The van der Waals surface area contributed by atoms with Crippen LogP contribution >= 0.6 is 11.8 Å². The number of likely N-dealkylation sites (N-methyl/N-ethyl adjacent to an activating group) is 1. The third-order valence-electron chi connectivity index (χ3n) is 5.31. The van der Waals surface area contributed by atoms with Crippen LogP contribution in [0, 0.1) is 5.41 Å². The summed E-state index contributed by atoms with van der Waals surface area (Å²) in [5.74, 6) is 1.03. The predicted octanol–water partition coefficient (Wildman–Crippen LogP) is 1.53. The number of allylic oxidation sites excluding steroid dienone is 3.